The van der Waals surface area contributed by atoms with Crippen LogP contribution in [0.3, 0.4) is 0 Å². The fourth-order valence-electron chi connectivity index (χ4n) is 2.23. The lowest BCUT2D eigenvalue weighted by molar-refractivity contribution is -0.242. The van der Waals surface area contributed by atoms with Gasteiger partial charge in [0.05, 0.1) is 5.56 Å². The minimum Gasteiger partial charge on any atom is -0.530 e. The maximum Gasteiger partial charge on any atom is 0.209 e. The number of carbonyl (C=O) groups is 2. The minimum absolute atomic E-state index is 0.142. The molecule has 1 N–H and O–H groups in total. The average Bonchev–Trinajstić information content (AvgIpc) is 2.44. The minimum atomic E-state index is -1.40. The van der Waals surface area contributed by atoms with E-state index in [1.165, 1.54) is 0 Å². The molecule has 18 heavy (non-hydrogen) atoms. The van der Waals surface area contributed by atoms with E-state index < -0.39 is 11.7 Å². The lowest BCUT2D eigenvalue weighted by Crippen LogP contribution is -2.32. The van der Waals surface area contributed by atoms with Gasteiger partial charge in [0.2, 0.25) is 5.78 Å². The lowest BCUT2D eigenvalue weighted by Gasteiger charge is -2.15. The highest BCUT2D eigenvalue weighted by Gasteiger charge is 2.41. The molecule has 1 aromatic rings. The second-order valence-electron chi connectivity index (χ2n) is 4.92. The van der Waals surface area contributed by atoms with Crippen molar-refractivity contribution >= 4 is 17.6 Å². The summed E-state index contributed by atoms with van der Waals surface area (Å²) in [5.41, 5.74) is 1.20. The summed E-state index contributed by atoms with van der Waals surface area (Å²) in [4.78, 5) is 22.8. The third-order valence-corrected chi connectivity index (χ3v) is 3.10. The second-order valence-corrected chi connectivity index (χ2v) is 4.92. The van der Waals surface area contributed by atoms with E-state index in [1.54, 1.807) is 33.8 Å². The number of Topliss-reactive ketones (excluding diaryl/α,β-unsaturated/α-hetero) is 1. The summed E-state index contributed by atoms with van der Waals surface area (Å²) in [6.07, 6.45) is -1.40. The number of aryl methyl sites for hydroxylation is 1. The molecule has 0 unspecified atom stereocenters. The van der Waals surface area contributed by atoms with Crippen molar-refractivity contribution in [3.63, 3.8) is 0 Å². The van der Waals surface area contributed by atoms with Crippen molar-refractivity contribution in [1.29, 1.82) is 0 Å². The van der Waals surface area contributed by atoms with Crippen molar-refractivity contribution in [1.82, 2.24) is 0 Å². The molecule has 1 aliphatic rings. The number of hydrogen-bond acceptors (Lipinski definition) is 4. The Bertz CT molecular complexity index is 561. The molecular formula is C13H14NO4-. The highest BCUT2D eigenvalue weighted by Crippen LogP contribution is 2.41. The molecule has 5 heteroatoms. The molecule has 1 heterocycles. The zero-order valence-electron chi connectivity index (χ0n) is 10.7. The largest absolute Gasteiger partial charge is 0.530 e. The maximum atomic E-state index is 12.2. The molecule has 0 spiro atoms. The molecule has 0 aliphatic carbocycles. The summed E-state index contributed by atoms with van der Waals surface area (Å²) in [6, 6.07) is 1.67. The van der Waals surface area contributed by atoms with Crippen molar-refractivity contribution in [2.45, 2.75) is 33.3 Å². The van der Waals surface area contributed by atoms with Crippen LogP contribution in [0.5, 0.6) is 5.75 Å². The molecule has 96 valence electrons. The van der Waals surface area contributed by atoms with E-state index in [0.29, 0.717) is 28.1 Å². The number of hydrogen-bond donors (Lipinski definition) is 1. The molecule has 0 bridgehead atoms. The molecule has 1 aliphatic heterocycles. The Hall–Kier alpha value is -2.04. The van der Waals surface area contributed by atoms with Crippen LogP contribution in [0.2, 0.25) is 0 Å². The summed E-state index contributed by atoms with van der Waals surface area (Å²) >= 11 is 0. The first-order chi connectivity index (χ1) is 8.24. The van der Waals surface area contributed by atoms with Gasteiger partial charge in [0.15, 0.2) is 5.60 Å². The Labute approximate surface area is 105 Å². The van der Waals surface area contributed by atoms with Gasteiger partial charge in [-0.25, -0.2) is 0 Å². The summed E-state index contributed by atoms with van der Waals surface area (Å²) in [5, 5.41) is 12.9. The highest BCUT2D eigenvalue weighted by molar-refractivity contribution is 6.09. The van der Waals surface area contributed by atoms with E-state index in [1.807, 2.05) is 0 Å². The number of carbonyl (C=O) groups excluding carboxylic acids is 2. The number of fused-ring (bicyclic) bond motifs is 1. The van der Waals surface area contributed by atoms with Gasteiger partial charge in [0.1, 0.15) is 11.8 Å². The number of carboxylic acid groups (broad SMARTS) is 1. The molecule has 5 nitrogen and oxygen atoms in total. The van der Waals surface area contributed by atoms with Gasteiger partial charge >= 0.3 is 0 Å². The van der Waals surface area contributed by atoms with Crippen LogP contribution in [0.4, 0.5) is 10.5 Å². The summed E-state index contributed by atoms with van der Waals surface area (Å²) in [7, 11) is 0. The van der Waals surface area contributed by atoms with Crippen molar-refractivity contribution in [3.8, 4) is 5.75 Å². The van der Waals surface area contributed by atoms with E-state index in [0.717, 1.165) is 0 Å². The fourth-order valence-corrected chi connectivity index (χ4v) is 2.23. The number of anilines is 1. The Morgan fingerprint density at radius 1 is 1.39 bits per heavy atom. The van der Waals surface area contributed by atoms with Gasteiger partial charge < -0.3 is 20.0 Å². The van der Waals surface area contributed by atoms with Crippen LogP contribution >= 0.6 is 0 Å². The second kappa shape index (κ2) is 3.73. The van der Waals surface area contributed by atoms with Crippen LogP contribution in [-0.2, 0) is 0 Å². The number of amides is 1. The number of nitrogens with one attached hydrogen (secondary N) is 1. The van der Waals surface area contributed by atoms with Gasteiger partial charge in [-0.15, -0.1) is 0 Å². The predicted molar refractivity (Wildman–Crippen MR) is 64.0 cm³/mol. The van der Waals surface area contributed by atoms with Crippen molar-refractivity contribution in [2.24, 2.45) is 0 Å². The van der Waals surface area contributed by atoms with Gasteiger partial charge in [0, 0.05) is 5.69 Å². The smallest absolute Gasteiger partial charge is 0.209 e. The molecule has 1 aromatic carbocycles. The summed E-state index contributed by atoms with van der Waals surface area (Å²) < 4.78 is 5.59. The Balaban J connectivity index is 2.62. The first-order valence-electron chi connectivity index (χ1n) is 5.60. The van der Waals surface area contributed by atoms with Crippen LogP contribution in [0.25, 0.3) is 0 Å². The van der Waals surface area contributed by atoms with E-state index in [4.69, 9.17) is 4.74 Å². The van der Waals surface area contributed by atoms with Gasteiger partial charge in [-0.3, -0.25) is 4.79 Å². The van der Waals surface area contributed by atoms with E-state index >= 15 is 0 Å². The van der Waals surface area contributed by atoms with Crippen molar-refractivity contribution < 1.29 is 19.4 Å². The maximum absolute atomic E-state index is 12.2. The average molecular weight is 248 g/mol. The quantitative estimate of drug-likeness (QED) is 0.815. The standard InChI is InChI=1S/C13H15NO4/c1-6-5-8-9(11(15)13(3,4)18-8)7(2)10(6)14-12(16)17/h5,14H,1-4H3,(H,16,17)/p-1. The molecule has 2 rings (SSSR count). The summed E-state index contributed by atoms with van der Waals surface area (Å²) in [5.74, 6) is 0.361. The molecule has 0 aromatic heterocycles. The zero-order chi connectivity index (χ0) is 13.7. The normalized spacial score (nSPS) is 16.1. The van der Waals surface area contributed by atoms with Gasteiger partial charge in [-0.2, -0.15) is 0 Å². The topological polar surface area (TPSA) is 78.5 Å². The Morgan fingerprint density at radius 3 is 2.56 bits per heavy atom. The Morgan fingerprint density at radius 2 is 2.00 bits per heavy atom. The fraction of sp³-hybridized carbons (Fsp3) is 0.385. The number of ketones is 1. The first-order valence-corrected chi connectivity index (χ1v) is 5.60. The Kier molecular flexibility index (Phi) is 2.57. The molecular weight excluding hydrogens is 234 g/mol. The van der Waals surface area contributed by atoms with E-state index in [-0.39, 0.29) is 5.78 Å². The number of benzene rings is 1. The number of rotatable bonds is 1. The van der Waals surface area contributed by atoms with Crippen LogP contribution in [-0.4, -0.2) is 17.5 Å². The molecule has 1 amide bonds. The lowest BCUT2D eigenvalue weighted by atomic mass is 9.94. The number of ether oxygens (including phenoxy) is 1. The van der Waals surface area contributed by atoms with Crippen molar-refractivity contribution in [3.05, 3.63) is 22.8 Å². The third kappa shape index (κ3) is 1.72. The first kappa shape index (κ1) is 12.4. The molecule has 0 saturated heterocycles. The van der Waals surface area contributed by atoms with Gasteiger partial charge in [-0.1, -0.05) is 0 Å². The van der Waals surface area contributed by atoms with Crippen LogP contribution < -0.4 is 15.2 Å². The van der Waals surface area contributed by atoms with Crippen LogP contribution in [0, 0.1) is 13.8 Å². The molecule has 0 saturated carbocycles. The van der Waals surface area contributed by atoms with E-state index in [9.17, 15) is 14.7 Å². The predicted octanol–water partition coefficient (Wildman–Crippen LogP) is 1.41. The molecule has 0 atom stereocenters. The van der Waals surface area contributed by atoms with Crippen molar-refractivity contribution in [2.75, 3.05) is 5.32 Å². The monoisotopic (exact) mass is 248 g/mol. The molecule has 0 fully saturated rings. The molecule has 0 radical (unpaired) electrons. The van der Waals surface area contributed by atoms with Crippen LogP contribution in [0.15, 0.2) is 6.07 Å². The van der Waals surface area contributed by atoms with Gasteiger partial charge in [0.25, 0.3) is 0 Å². The van der Waals surface area contributed by atoms with Crippen LogP contribution in [0.1, 0.15) is 35.3 Å². The zero-order valence-corrected chi connectivity index (χ0v) is 10.7. The highest BCUT2D eigenvalue weighted by atomic mass is 16.5. The summed E-state index contributed by atoms with van der Waals surface area (Å²) in [6.45, 7) is 6.82. The third-order valence-electron chi connectivity index (χ3n) is 3.10. The van der Waals surface area contributed by atoms with Gasteiger partial charge in [-0.05, 0) is 44.9 Å². The SMILES string of the molecule is Cc1cc2c(c(C)c1NC(=O)[O-])C(=O)C(C)(C)O2. The van der Waals surface area contributed by atoms with E-state index in [2.05, 4.69) is 5.32 Å².